The molecule has 1 aromatic carbocycles. The summed E-state index contributed by atoms with van der Waals surface area (Å²) in [6, 6.07) is 5.29. The number of carbonyl (C=O) groups is 1. The number of hydrogen-bond donors (Lipinski definition) is 1. The van der Waals surface area contributed by atoms with Crippen LogP contribution in [-0.2, 0) is 0 Å². The van der Waals surface area contributed by atoms with E-state index in [4.69, 9.17) is 16.3 Å². The van der Waals surface area contributed by atoms with E-state index in [1.807, 2.05) is 13.0 Å². The van der Waals surface area contributed by atoms with E-state index < -0.39 is 0 Å². The molecule has 5 heteroatoms. The first-order chi connectivity index (χ1) is 8.04. The molecule has 0 saturated heterocycles. The molecule has 1 atom stereocenters. The highest BCUT2D eigenvalue weighted by molar-refractivity contribution is 9.10. The van der Waals surface area contributed by atoms with Gasteiger partial charge in [0, 0.05) is 16.4 Å². The standard InChI is InChI=1S/C12H15BrClNO2/c1-8(14)5-6-15-12(16)10-4-3-9(13)7-11(10)17-2/h3-4,7-8H,5-6H2,1-2H3,(H,15,16). The van der Waals surface area contributed by atoms with Crippen molar-refractivity contribution in [2.24, 2.45) is 0 Å². The lowest BCUT2D eigenvalue weighted by molar-refractivity contribution is 0.0950. The topological polar surface area (TPSA) is 38.3 Å². The molecule has 94 valence electrons. The van der Waals surface area contributed by atoms with E-state index in [0.29, 0.717) is 17.9 Å². The van der Waals surface area contributed by atoms with E-state index in [1.165, 1.54) is 0 Å². The number of alkyl halides is 1. The van der Waals surface area contributed by atoms with Gasteiger partial charge < -0.3 is 10.1 Å². The molecule has 17 heavy (non-hydrogen) atoms. The summed E-state index contributed by atoms with van der Waals surface area (Å²) in [5, 5.41) is 2.86. The third-order valence-corrected chi connectivity index (χ3v) is 2.95. The summed E-state index contributed by atoms with van der Waals surface area (Å²) in [7, 11) is 1.54. The molecule has 0 spiro atoms. The Labute approximate surface area is 115 Å². The van der Waals surface area contributed by atoms with Crippen molar-refractivity contribution in [1.82, 2.24) is 5.32 Å². The van der Waals surface area contributed by atoms with Crippen molar-refractivity contribution in [3.05, 3.63) is 28.2 Å². The summed E-state index contributed by atoms with van der Waals surface area (Å²) in [5.41, 5.74) is 0.526. The molecular weight excluding hydrogens is 305 g/mol. The van der Waals surface area contributed by atoms with Crippen LogP contribution in [0, 0.1) is 0 Å². The van der Waals surface area contributed by atoms with Crippen LogP contribution in [0.3, 0.4) is 0 Å². The Kier molecular flexibility index (Phi) is 5.78. The van der Waals surface area contributed by atoms with Gasteiger partial charge in [-0.15, -0.1) is 11.6 Å². The molecular formula is C12H15BrClNO2. The van der Waals surface area contributed by atoms with Crippen LogP contribution in [0.1, 0.15) is 23.7 Å². The van der Waals surface area contributed by atoms with Crippen LogP contribution in [0.15, 0.2) is 22.7 Å². The van der Waals surface area contributed by atoms with Crippen LogP contribution >= 0.6 is 27.5 Å². The van der Waals surface area contributed by atoms with Crippen molar-refractivity contribution in [1.29, 1.82) is 0 Å². The zero-order valence-corrected chi connectivity index (χ0v) is 12.1. The van der Waals surface area contributed by atoms with Gasteiger partial charge in [0.1, 0.15) is 5.75 Å². The summed E-state index contributed by atoms with van der Waals surface area (Å²) in [4.78, 5) is 11.9. The largest absolute Gasteiger partial charge is 0.496 e. The fraction of sp³-hybridized carbons (Fsp3) is 0.417. The van der Waals surface area contributed by atoms with E-state index >= 15 is 0 Å². The first-order valence-electron chi connectivity index (χ1n) is 5.30. The quantitative estimate of drug-likeness (QED) is 0.846. The summed E-state index contributed by atoms with van der Waals surface area (Å²) in [5.74, 6) is 0.405. The highest BCUT2D eigenvalue weighted by Gasteiger charge is 2.12. The maximum Gasteiger partial charge on any atom is 0.255 e. The Bertz CT molecular complexity index is 396. The lowest BCUT2D eigenvalue weighted by Crippen LogP contribution is -2.26. The predicted octanol–water partition coefficient (Wildman–Crippen LogP) is 3.20. The highest BCUT2D eigenvalue weighted by Crippen LogP contribution is 2.23. The average Bonchev–Trinajstić information content (AvgIpc) is 2.28. The molecule has 1 aromatic rings. The number of carbonyl (C=O) groups excluding carboxylic acids is 1. The number of ether oxygens (including phenoxy) is 1. The lowest BCUT2D eigenvalue weighted by atomic mass is 10.2. The number of halogens is 2. The van der Waals surface area contributed by atoms with Gasteiger partial charge in [-0.3, -0.25) is 4.79 Å². The average molecular weight is 321 g/mol. The van der Waals surface area contributed by atoms with Gasteiger partial charge in [-0.1, -0.05) is 15.9 Å². The van der Waals surface area contributed by atoms with E-state index in [9.17, 15) is 4.79 Å². The summed E-state index contributed by atoms with van der Waals surface area (Å²) in [6.07, 6.45) is 0.742. The van der Waals surface area contributed by atoms with E-state index in [1.54, 1.807) is 19.2 Å². The number of nitrogens with one attached hydrogen (secondary N) is 1. The Hall–Kier alpha value is -0.740. The summed E-state index contributed by atoms with van der Waals surface area (Å²) < 4.78 is 6.03. The molecule has 0 fully saturated rings. The van der Waals surface area contributed by atoms with Crippen LogP contribution in [-0.4, -0.2) is 24.9 Å². The maximum atomic E-state index is 11.9. The van der Waals surface area contributed by atoms with Gasteiger partial charge in [-0.25, -0.2) is 0 Å². The van der Waals surface area contributed by atoms with Gasteiger partial charge in [0.15, 0.2) is 0 Å². The Morgan fingerprint density at radius 1 is 1.59 bits per heavy atom. The van der Waals surface area contributed by atoms with Crippen LogP contribution in [0.2, 0.25) is 0 Å². The van der Waals surface area contributed by atoms with E-state index in [2.05, 4.69) is 21.2 Å². The van der Waals surface area contributed by atoms with Gasteiger partial charge in [-0.05, 0) is 31.5 Å². The van der Waals surface area contributed by atoms with Gasteiger partial charge in [-0.2, -0.15) is 0 Å². The number of rotatable bonds is 5. The number of amides is 1. The molecule has 0 aliphatic carbocycles. The number of hydrogen-bond acceptors (Lipinski definition) is 2. The smallest absolute Gasteiger partial charge is 0.255 e. The first-order valence-corrected chi connectivity index (χ1v) is 6.53. The second kappa shape index (κ2) is 6.87. The molecule has 0 radical (unpaired) electrons. The molecule has 0 bridgehead atoms. The van der Waals surface area contributed by atoms with Gasteiger partial charge >= 0.3 is 0 Å². The van der Waals surface area contributed by atoms with Crippen LogP contribution in [0.5, 0.6) is 5.75 Å². The monoisotopic (exact) mass is 319 g/mol. The normalized spacial score (nSPS) is 12.0. The van der Waals surface area contributed by atoms with Crippen LogP contribution in [0.25, 0.3) is 0 Å². The number of methoxy groups -OCH3 is 1. The fourth-order valence-electron chi connectivity index (χ4n) is 1.33. The van der Waals surface area contributed by atoms with Crippen molar-refractivity contribution >= 4 is 33.4 Å². The van der Waals surface area contributed by atoms with Crippen molar-refractivity contribution in [3.8, 4) is 5.75 Å². The molecule has 0 saturated carbocycles. The molecule has 0 aromatic heterocycles. The minimum atomic E-state index is -0.147. The Morgan fingerprint density at radius 2 is 2.29 bits per heavy atom. The molecule has 0 aliphatic rings. The zero-order chi connectivity index (χ0) is 12.8. The minimum Gasteiger partial charge on any atom is -0.496 e. The second-order valence-corrected chi connectivity index (χ2v) is 5.33. The summed E-state index contributed by atoms with van der Waals surface area (Å²) >= 11 is 9.13. The lowest BCUT2D eigenvalue weighted by Gasteiger charge is -2.10. The Balaban J connectivity index is 2.68. The molecule has 3 nitrogen and oxygen atoms in total. The minimum absolute atomic E-state index is 0.0575. The second-order valence-electron chi connectivity index (χ2n) is 3.67. The van der Waals surface area contributed by atoms with Crippen molar-refractivity contribution in [3.63, 3.8) is 0 Å². The predicted molar refractivity (Wildman–Crippen MR) is 73.0 cm³/mol. The van der Waals surface area contributed by atoms with Crippen molar-refractivity contribution < 1.29 is 9.53 Å². The van der Waals surface area contributed by atoms with Crippen molar-refractivity contribution in [2.45, 2.75) is 18.7 Å². The van der Waals surface area contributed by atoms with E-state index in [0.717, 1.165) is 10.9 Å². The first kappa shape index (κ1) is 14.3. The molecule has 1 rings (SSSR count). The van der Waals surface area contributed by atoms with Gasteiger partial charge in [0.25, 0.3) is 5.91 Å². The fourth-order valence-corrected chi connectivity index (χ4v) is 1.78. The van der Waals surface area contributed by atoms with Crippen LogP contribution < -0.4 is 10.1 Å². The van der Waals surface area contributed by atoms with E-state index in [-0.39, 0.29) is 11.3 Å². The highest BCUT2D eigenvalue weighted by atomic mass is 79.9. The number of benzene rings is 1. The zero-order valence-electron chi connectivity index (χ0n) is 9.80. The molecule has 1 amide bonds. The molecule has 1 N–H and O–H groups in total. The summed E-state index contributed by atoms with van der Waals surface area (Å²) in [6.45, 7) is 2.46. The van der Waals surface area contributed by atoms with Gasteiger partial charge in [0.05, 0.1) is 12.7 Å². The van der Waals surface area contributed by atoms with Gasteiger partial charge in [0.2, 0.25) is 0 Å². The molecule has 0 aliphatic heterocycles. The molecule has 0 heterocycles. The molecule has 1 unspecified atom stereocenters. The third kappa shape index (κ3) is 4.56. The SMILES string of the molecule is COc1cc(Br)ccc1C(=O)NCCC(C)Cl. The Morgan fingerprint density at radius 3 is 2.88 bits per heavy atom. The van der Waals surface area contributed by atoms with Crippen molar-refractivity contribution in [2.75, 3.05) is 13.7 Å². The van der Waals surface area contributed by atoms with Crippen LogP contribution in [0.4, 0.5) is 0 Å². The third-order valence-electron chi connectivity index (χ3n) is 2.24. The maximum absolute atomic E-state index is 11.9.